The zero-order valence-electron chi connectivity index (χ0n) is 10.7. The standard InChI is InChI=1S/C12H23NO3S/c1-4-9-17(15,16)13-10-12(14)7-5-11(2,3)6-8-12/h4,13-14H,1,5-10H2,2-3H3. The highest BCUT2D eigenvalue weighted by atomic mass is 32.2. The van der Waals surface area contributed by atoms with Gasteiger partial charge < -0.3 is 5.11 Å². The van der Waals surface area contributed by atoms with E-state index in [1.54, 1.807) is 0 Å². The van der Waals surface area contributed by atoms with Crippen molar-refractivity contribution in [2.24, 2.45) is 5.41 Å². The lowest BCUT2D eigenvalue weighted by Gasteiger charge is -2.40. The van der Waals surface area contributed by atoms with E-state index in [1.165, 1.54) is 6.08 Å². The van der Waals surface area contributed by atoms with E-state index in [-0.39, 0.29) is 17.7 Å². The summed E-state index contributed by atoms with van der Waals surface area (Å²) in [6.45, 7) is 7.86. The lowest BCUT2D eigenvalue weighted by molar-refractivity contribution is -0.0205. The van der Waals surface area contributed by atoms with Gasteiger partial charge in [0.05, 0.1) is 11.4 Å². The van der Waals surface area contributed by atoms with Gasteiger partial charge in [0, 0.05) is 6.54 Å². The first-order chi connectivity index (χ1) is 7.68. The molecule has 1 rings (SSSR count). The smallest absolute Gasteiger partial charge is 0.215 e. The number of sulfonamides is 1. The Morgan fingerprint density at radius 2 is 1.82 bits per heavy atom. The fraction of sp³-hybridized carbons (Fsp3) is 0.833. The Morgan fingerprint density at radius 1 is 1.29 bits per heavy atom. The second-order valence-corrected chi connectivity index (χ2v) is 7.63. The van der Waals surface area contributed by atoms with Crippen molar-refractivity contribution >= 4 is 10.0 Å². The van der Waals surface area contributed by atoms with Crippen LogP contribution in [0.5, 0.6) is 0 Å². The first-order valence-electron chi connectivity index (χ1n) is 5.99. The second kappa shape index (κ2) is 5.08. The van der Waals surface area contributed by atoms with Crippen LogP contribution in [0.1, 0.15) is 39.5 Å². The molecule has 1 aliphatic rings. The van der Waals surface area contributed by atoms with Crippen molar-refractivity contribution in [3.63, 3.8) is 0 Å². The number of hydrogen-bond donors (Lipinski definition) is 2. The molecule has 4 nitrogen and oxygen atoms in total. The predicted molar refractivity (Wildman–Crippen MR) is 69.2 cm³/mol. The van der Waals surface area contributed by atoms with Crippen LogP contribution in [0, 0.1) is 5.41 Å². The molecule has 1 aliphatic carbocycles. The molecule has 0 aromatic carbocycles. The first-order valence-corrected chi connectivity index (χ1v) is 7.64. The van der Waals surface area contributed by atoms with Crippen molar-refractivity contribution < 1.29 is 13.5 Å². The lowest BCUT2D eigenvalue weighted by atomic mass is 9.71. The highest BCUT2D eigenvalue weighted by Crippen LogP contribution is 2.39. The van der Waals surface area contributed by atoms with Crippen molar-refractivity contribution in [2.45, 2.75) is 45.1 Å². The Bertz CT molecular complexity index is 363. The van der Waals surface area contributed by atoms with E-state index in [0.717, 1.165) is 12.8 Å². The van der Waals surface area contributed by atoms with Crippen molar-refractivity contribution in [3.8, 4) is 0 Å². The molecule has 0 unspecified atom stereocenters. The minimum Gasteiger partial charge on any atom is -0.389 e. The molecule has 2 N–H and O–H groups in total. The molecule has 5 heteroatoms. The maximum absolute atomic E-state index is 11.4. The molecule has 17 heavy (non-hydrogen) atoms. The van der Waals surface area contributed by atoms with Crippen LogP contribution in [-0.2, 0) is 10.0 Å². The quantitative estimate of drug-likeness (QED) is 0.736. The third-order valence-electron chi connectivity index (χ3n) is 3.49. The van der Waals surface area contributed by atoms with Crippen LogP contribution in [0.3, 0.4) is 0 Å². The summed E-state index contributed by atoms with van der Waals surface area (Å²) in [4.78, 5) is 0. The third-order valence-corrected chi connectivity index (χ3v) is 4.75. The maximum atomic E-state index is 11.4. The fourth-order valence-corrected chi connectivity index (χ4v) is 2.94. The largest absolute Gasteiger partial charge is 0.389 e. The molecule has 0 heterocycles. The van der Waals surface area contributed by atoms with Gasteiger partial charge in [0.15, 0.2) is 0 Å². The summed E-state index contributed by atoms with van der Waals surface area (Å²) in [7, 11) is -3.33. The zero-order valence-corrected chi connectivity index (χ0v) is 11.5. The molecule has 0 radical (unpaired) electrons. The average molecular weight is 261 g/mol. The van der Waals surface area contributed by atoms with Crippen LogP contribution in [0.4, 0.5) is 0 Å². The van der Waals surface area contributed by atoms with Crippen molar-refractivity contribution in [3.05, 3.63) is 12.7 Å². The zero-order chi connectivity index (χ0) is 13.2. The van der Waals surface area contributed by atoms with Gasteiger partial charge in [-0.05, 0) is 31.1 Å². The molecule has 1 saturated carbocycles. The number of nitrogens with one attached hydrogen (secondary N) is 1. The van der Waals surface area contributed by atoms with Crippen LogP contribution < -0.4 is 4.72 Å². The van der Waals surface area contributed by atoms with Gasteiger partial charge in [-0.3, -0.25) is 0 Å². The van der Waals surface area contributed by atoms with Gasteiger partial charge in [-0.25, -0.2) is 13.1 Å². The highest BCUT2D eigenvalue weighted by Gasteiger charge is 2.37. The molecular weight excluding hydrogens is 238 g/mol. The minimum atomic E-state index is -3.33. The molecular formula is C12H23NO3S. The summed E-state index contributed by atoms with van der Waals surface area (Å²) < 4.78 is 25.3. The summed E-state index contributed by atoms with van der Waals surface area (Å²) in [5, 5.41) is 10.3. The Hall–Kier alpha value is -0.390. The van der Waals surface area contributed by atoms with Crippen molar-refractivity contribution in [1.29, 1.82) is 0 Å². The van der Waals surface area contributed by atoms with Crippen LogP contribution in [0.25, 0.3) is 0 Å². The van der Waals surface area contributed by atoms with E-state index in [0.29, 0.717) is 12.8 Å². The summed E-state index contributed by atoms with van der Waals surface area (Å²) in [6.07, 6.45) is 4.49. The minimum absolute atomic E-state index is 0.103. The van der Waals surface area contributed by atoms with E-state index < -0.39 is 15.6 Å². The van der Waals surface area contributed by atoms with E-state index in [2.05, 4.69) is 25.1 Å². The molecule has 0 bridgehead atoms. The summed E-state index contributed by atoms with van der Waals surface area (Å²) in [5.74, 6) is -0.103. The molecule has 0 aliphatic heterocycles. The van der Waals surface area contributed by atoms with Crippen LogP contribution >= 0.6 is 0 Å². The molecule has 0 amide bonds. The third kappa shape index (κ3) is 4.77. The Morgan fingerprint density at radius 3 is 2.29 bits per heavy atom. The Labute approximate surface area is 104 Å². The molecule has 0 atom stereocenters. The molecule has 0 saturated heterocycles. The number of rotatable bonds is 5. The van der Waals surface area contributed by atoms with Gasteiger partial charge >= 0.3 is 0 Å². The average Bonchev–Trinajstić information content (AvgIpc) is 2.21. The number of hydrogen-bond acceptors (Lipinski definition) is 3. The summed E-state index contributed by atoms with van der Waals surface area (Å²) in [5.41, 5.74) is -0.629. The van der Waals surface area contributed by atoms with Crippen molar-refractivity contribution in [1.82, 2.24) is 4.72 Å². The van der Waals surface area contributed by atoms with Gasteiger partial charge in [-0.1, -0.05) is 19.9 Å². The molecule has 1 fully saturated rings. The molecule has 0 aromatic rings. The first kappa shape index (κ1) is 14.7. The summed E-state index contributed by atoms with van der Waals surface area (Å²) >= 11 is 0. The van der Waals surface area contributed by atoms with Crippen molar-refractivity contribution in [2.75, 3.05) is 12.3 Å². The van der Waals surface area contributed by atoms with Gasteiger partial charge in [-0.2, -0.15) is 0 Å². The van der Waals surface area contributed by atoms with Crippen LogP contribution in [-0.4, -0.2) is 31.4 Å². The Balaban J connectivity index is 2.50. The van der Waals surface area contributed by atoms with E-state index in [9.17, 15) is 13.5 Å². The fourth-order valence-electron chi connectivity index (χ4n) is 2.03. The van der Waals surface area contributed by atoms with Gasteiger partial charge in [0.2, 0.25) is 10.0 Å². The SMILES string of the molecule is C=CCS(=O)(=O)NCC1(O)CCC(C)(C)CC1. The summed E-state index contributed by atoms with van der Waals surface area (Å²) in [6, 6.07) is 0. The van der Waals surface area contributed by atoms with E-state index >= 15 is 0 Å². The Kier molecular flexibility index (Phi) is 4.38. The van der Waals surface area contributed by atoms with Gasteiger partial charge in [-0.15, -0.1) is 6.58 Å². The van der Waals surface area contributed by atoms with E-state index in [1.807, 2.05) is 0 Å². The molecule has 0 aromatic heterocycles. The monoisotopic (exact) mass is 261 g/mol. The number of aliphatic hydroxyl groups is 1. The highest BCUT2D eigenvalue weighted by molar-refractivity contribution is 7.89. The topological polar surface area (TPSA) is 66.4 Å². The van der Waals surface area contributed by atoms with Gasteiger partial charge in [0.25, 0.3) is 0 Å². The van der Waals surface area contributed by atoms with Gasteiger partial charge in [0.1, 0.15) is 0 Å². The second-order valence-electron chi connectivity index (χ2n) is 5.78. The lowest BCUT2D eigenvalue weighted by Crippen LogP contribution is -2.46. The molecule has 0 spiro atoms. The van der Waals surface area contributed by atoms with Crippen LogP contribution in [0.2, 0.25) is 0 Å². The van der Waals surface area contributed by atoms with E-state index in [4.69, 9.17) is 0 Å². The van der Waals surface area contributed by atoms with Crippen LogP contribution in [0.15, 0.2) is 12.7 Å². The normalized spacial score (nSPS) is 23.2. The maximum Gasteiger partial charge on any atom is 0.215 e. The molecule has 100 valence electrons. The predicted octanol–water partition coefficient (Wildman–Crippen LogP) is 1.42.